The summed E-state index contributed by atoms with van der Waals surface area (Å²) in [4.78, 5) is 3.70. The van der Waals surface area contributed by atoms with E-state index < -0.39 is 11.2 Å². The van der Waals surface area contributed by atoms with E-state index in [1.54, 1.807) is 0 Å². The summed E-state index contributed by atoms with van der Waals surface area (Å²) in [5, 5.41) is 0.925. The lowest BCUT2D eigenvalue weighted by molar-refractivity contribution is 0.580. The molecule has 0 spiro atoms. The molecule has 1 aliphatic rings. The molecule has 1 atom stereocenters. The minimum absolute atomic E-state index is 0.652. The van der Waals surface area contributed by atoms with Gasteiger partial charge in [0.2, 0.25) is 4.90 Å². The number of anilines is 3. The van der Waals surface area contributed by atoms with Gasteiger partial charge in [-0.15, -0.1) is 0 Å². The summed E-state index contributed by atoms with van der Waals surface area (Å²) in [5.74, 6) is 0.652. The van der Waals surface area contributed by atoms with Gasteiger partial charge in [0.05, 0.1) is 11.1 Å². The van der Waals surface area contributed by atoms with Crippen molar-refractivity contribution in [1.29, 1.82) is 0 Å². The SMILES string of the molecule is Cc1ccc2c(c1)[S+]([O-])c1c(oc3ccc(C)cc13)N2c1ccccc1C. The molecular weight excluding hydrogens is 354 g/mol. The molecule has 2 heterocycles. The summed E-state index contributed by atoms with van der Waals surface area (Å²) in [6.07, 6.45) is 0. The van der Waals surface area contributed by atoms with E-state index in [1.807, 2.05) is 50.2 Å². The highest BCUT2D eigenvalue weighted by Gasteiger charge is 2.40. The van der Waals surface area contributed by atoms with E-state index in [2.05, 4.69) is 36.1 Å². The number of hydrogen-bond acceptors (Lipinski definition) is 3. The van der Waals surface area contributed by atoms with Crippen LogP contribution in [0.15, 0.2) is 74.9 Å². The van der Waals surface area contributed by atoms with E-state index in [4.69, 9.17) is 4.42 Å². The first kappa shape index (κ1) is 16.5. The van der Waals surface area contributed by atoms with Crippen molar-refractivity contribution in [3.05, 3.63) is 77.4 Å². The molecule has 0 amide bonds. The van der Waals surface area contributed by atoms with E-state index in [9.17, 15) is 4.55 Å². The van der Waals surface area contributed by atoms with Gasteiger partial charge >= 0.3 is 0 Å². The van der Waals surface area contributed by atoms with Crippen LogP contribution < -0.4 is 4.90 Å². The standard InChI is InChI=1S/C23H19NO2S/c1-14-9-11-20-17(12-14)22-23(26-20)24(18-7-5-4-6-16(18)3)19-10-8-15(2)13-21(19)27(22)25/h4-13H,1-3H3. The predicted octanol–water partition coefficient (Wildman–Crippen LogP) is 6.31. The van der Waals surface area contributed by atoms with Crippen LogP contribution >= 0.6 is 0 Å². The maximum absolute atomic E-state index is 13.5. The fourth-order valence-electron chi connectivity index (χ4n) is 3.73. The van der Waals surface area contributed by atoms with Gasteiger partial charge in [-0.1, -0.05) is 35.9 Å². The molecule has 0 radical (unpaired) electrons. The molecule has 0 saturated heterocycles. The maximum Gasteiger partial charge on any atom is 0.263 e. The lowest BCUT2D eigenvalue weighted by Gasteiger charge is -2.30. The largest absolute Gasteiger partial charge is 0.606 e. The van der Waals surface area contributed by atoms with Gasteiger partial charge in [0.1, 0.15) is 11.3 Å². The Morgan fingerprint density at radius 2 is 1.59 bits per heavy atom. The number of aryl methyl sites for hydroxylation is 3. The fraction of sp³-hybridized carbons (Fsp3) is 0.130. The summed E-state index contributed by atoms with van der Waals surface area (Å²) >= 11 is -1.29. The third-order valence-corrected chi connectivity index (χ3v) is 6.57. The van der Waals surface area contributed by atoms with Crippen LogP contribution in [0.2, 0.25) is 0 Å². The number of furan rings is 1. The van der Waals surface area contributed by atoms with Crippen molar-refractivity contribution in [2.24, 2.45) is 0 Å². The smallest absolute Gasteiger partial charge is 0.263 e. The zero-order valence-electron chi connectivity index (χ0n) is 15.4. The van der Waals surface area contributed by atoms with E-state index in [0.717, 1.165) is 48.8 Å². The molecule has 27 heavy (non-hydrogen) atoms. The number of hydrogen-bond donors (Lipinski definition) is 0. The van der Waals surface area contributed by atoms with Gasteiger partial charge in [0.25, 0.3) is 5.88 Å². The Labute approximate surface area is 161 Å². The van der Waals surface area contributed by atoms with Crippen LogP contribution in [-0.2, 0) is 11.2 Å². The molecule has 1 unspecified atom stereocenters. The molecule has 3 nitrogen and oxygen atoms in total. The Kier molecular flexibility index (Phi) is 3.61. The van der Waals surface area contributed by atoms with Crippen molar-refractivity contribution in [3.8, 4) is 0 Å². The van der Waals surface area contributed by atoms with Crippen LogP contribution in [-0.4, -0.2) is 4.55 Å². The molecule has 3 aromatic carbocycles. The molecule has 0 saturated carbocycles. The topological polar surface area (TPSA) is 39.4 Å². The van der Waals surface area contributed by atoms with Gasteiger partial charge in [-0.25, -0.2) is 0 Å². The molecule has 0 N–H and O–H groups in total. The molecule has 0 fully saturated rings. The molecular formula is C23H19NO2S. The second-order valence-electron chi connectivity index (χ2n) is 7.10. The van der Waals surface area contributed by atoms with Gasteiger partial charge in [0.15, 0.2) is 4.90 Å². The number of para-hydroxylation sites is 1. The summed E-state index contributed by atoms with van der Waals surface area (Å²) in [6.45, 7) is 6.16. The molecule has 0 bridgehead atoms. The van der Waals surface area contributed by atoms with Crippen molar-refractivity contribution < 1.29 is 8.97 Å². The van der Waals surface area contributed by atoms with Gasteiger partial charge < -0.3 is 8.97 Å². The van der Waals surface area contributed by atoms with Crippen LogP contribution in [0.4, 0.5) is 17.3 Å². The van der Waals surface area contributed by atoms with Crippen molar-refractivity contribution in [3.63, 3.8) is 0 Å². The van der Waals surface area contributed by atoms with Crippen LogP contribution in [0, 0.1) is 20.8 Å². The van der Waals surface area contributed by atoms with Gasteiger partial charge in [-0.2, -0.15) is 0 Å². The molecule has 4 aromatic rings. The van der Waals surface area contributed by atoms with Crippen LogP contribution in [0.3, 0.4) is 0 Å². The first-order valence-corrected chi connectivity index (χ1v) is 10.1. The summed E-state index contributed by atoms with van der Waals surface area (Å²) < 4.78 is 19.8. The highest BCUT2D eigenvalue weighted by molar-refractivity contribution is 7.92. The average Bonchev–Trinajstić information content (AvgIpc) is 3.02. The molecule has 5 rings (SSSR count). The Hall–Kier alpha value is -2.69. The van der Waals surface area contributed by atoms with Crippen LogP contribution in [0.25, 0.3) is 11.0 Å². The van der Waals surface area contributed by atoms with Gasteiger partial charge in [0, 0.05) is 11.2 Å². The Bertz CT molecular complexity index is 1190. The first-order chi connectivity index (χ1) is 13.0. The molecule has 1 aliphatic heterocycles. The van der Waals surface area contributed by atoms with Gasteiger partial charge in [-0.05, 0) is 62.2 Å². The molecule has 0 aliphatic carbocycles. The van der Waals surface area contributed by atoms with Crippen molar-refractivity contribution in [2.75, 3.05) is 4.90 Å². The summed E-state index contributed by atoms with van der Waals surface area (Å²) in [5.41, 5.74) is 6.08. The van der Waals surface area contributed by atoms with Crippen LogP contribution in [0.5, 0.6) is 0 Å². The normalized spacial score (nSPS) is 15.7. The van der Waals surface area contributed by atoms with Crippen molar-refractivity contribution >= 4 is 39.4 Å². The highest BCUT2D eigenvalue weighted by atomic mass is 32.2. The second-order valence-corrected chi connectivity index (χ2v) is 8.48. The first-order valence-electron chi connectivity index (χ1n) is 8.96. The van der Waals surface area contributed by atoms with E-state index >= 15 is 0 Å². The van der Waals surface area contributed by atoms with Crippen molar-refractivity contribution in [2.45, 2.75) is 30.6 Å². The summed E-state index contributed by atoms with van der Waals surface area (Å²) in [6, 6.07) is 20.4. The number of rotatable bonds is 1. The zero-order chi connectivity index (χ0) is 18.7. The minimum Gasteiger partial charge on any atom is -0.606 e. The minimum atomic E-state index is -1.29. The number of nitrogens with zero attached hydrogens (tertiary/aromatic N) is 1. The molecule has 1 aromatic heterocycles. The lowest BCUT2D eigenvalue weighted by atomic mass is 10.1. The Morgan fingerprint density at radius 1 is 0.852 bits per heavy atom. The average molecular weight is 373 g/mol. The predicted molar refractivity (Wildman–Crippen MR) is 110 cm³/mol. The third kappa shape index (κ3) is 2.41. The van der Waals surface area contributed by atoms with Crippen LogP contribution in [0.1, 0.15) is 16.7 Å². The Morgan fingerprint density at radius 3 is 2.41 bits per heavy atom. The van der Waals surface area contributed by atoms with Crippen molar-refractivity contribution in [1.82, 2.24) is 0 Å². The third-order valence-electron chi connectivity index (χ3n) is 5.08. The quantitative estimate of drug-likeness (QED) is 0.367. The highest BCUT2D eigenvalue weighted by Crippen LogP contribution is 2.52. The van der Waals surface area contributed by atoms with E-state index in [0.29, 0.717) is 5.88 Å². The number of fused-ring (bicyclic) bond motifs is 4. The second kappa shape index (κ2) is 5.91. The monoisotopic (exact) mass is 373 g/mol. The fourth-order valence-corrected chi connectivity index (χ4v) is 5.24. The zero-order valence-corrected chi connectivity index (χ0v) is 16.3. The maximum atomic E-state index is 13.5. The van der Waals surface area contributed by atoms with E-state index in [-0.39, 0.29) is 0 Å². The number of benzene rings is 3. The van der Waals surface area contributed by atoms with E-state index in [1.165, 1.54) is 0 Å². The molecule has 134 valence electrons. The lowest BCUT2D eigenvalue weighted by Crippen LogP contribution is -2.21. The molecule has 4 heteroatoms. The van der Waals surface area contributed by atoms with Gasteiger partial charge in [-0.3, -0.25) is 4.90 Å². The Balaban J connectivity index is 1.88. The summed E-state index contributed by atoms with van der Waals surface area (Å²) in [7, 11) is 0.